The number of carbonyl (C=O) groups excluding carboxylic acids is 2. The number of ether oxygens (including phenoxy) is 1. The van der Waals surface area contributed by atoms with Crippen LogP contribution in [0.1, 0.15) is 56.8 Å². The number of fused-ring (bicyclic) bond motifs is 1. The Balaban J connectivity index is 1.74. The van der Waals surface area contributed by atoms with Crippen molar-refractivity contribution in [1.29, 1.82) is 0 Å². The van der Waals surface area contributed by atoms with Gasteiger partial charge in [0.2, 0.25) is 0 Å². The molecule has 0 atom stereocenters. The molecular weight excluding hydrogens is 340 g/mol. The highest BCUT2D eigenvalue weighted by Crippen LogP contribution is 2.30. The largest absolute Gasteiger partial charge is 0.444 e. The molecule has 1 aliphatic carbocycles. The van der Waals surface area contributed by atoms with Crippen molar-refractivity contribution in [3.63, 3.8) is 0 Å². The van der Waals surface area contributed by atoms with Gasteiger partial charge in [-0.2, -0.15) is 0 Å². The topological polar surface area (TPSA) is 67.4 Å². The lowest BCUT2D eigenvalue weighted by molar-refractivity contribution is 0.0505. The lowest BCUT2D eigenvalue weighted by Gasteiger charge is -2.31. The smallest absolute Gasteiger partial charge is 0.407 e. The number of nitrogens with one attached hydrogen (secondary N) is 2. The van der Waals surface area contributed by atoms with Gasteiger partial charge in [0.25, 0.3) is 5.91 Å². The van der Waals surface area contributed by atoms with Gasteiger partial charge in [-0.15, -0.1) is 0 Å². The van der Waals surface area contributed by atoms with Crippen LogP contribution in [0.2, 0.25) is 0 Å². The van der Waals surface area contributed by atoms with Crippen LogP contribution >= 0.6 is 0 Å². The predicted octanol–water partition coefficient (Wildman–Crippen LogP) is 4.41. The van der Waals surface area contributed by atoms with Gasteiger partial charge in [0.1, 0.15) is 5.60 Å². The number of hydrogen-bond donors (Lipinski definition) is 2. The molecule has 27 heavy (non-hydrogen) atoms. The van der Waals surface area contributed by atoms with Crippen LogP contribution in [-0.2, 0) is 4.74 Å². The highest BCUT2D eigenvalue weighted by molar-refractivity contribution is 6.07. The lowest BCUT2D eigenvalue weighted by atomic mass is 9.96. The maximum Gasteiger partial charge on any atom is 0.407 e. The zero-order valence-corrected chi connectivity index (χ0v) is 16.3. The third kappa shape index (κ3) is 4.79. The summed E-state index contributed by atoms with van der Waals surface area (Å²) < 4.78 is 5.33. The van der Waals surface area contributed by atoms with Crippen molar-refractivity contribution < 1.29 is 14.3 Å². The van der Waals surface area contributed by atoms with Crippen LogP contribution in [0.5, 0.6) is 0 Å². The van der Waals surface area contributed by atoms with Crippen molar-refractivity contribution in [1.82, 2.24) is 10.6 Å². The Kier molecular flexibility index (Phi) is 5.40. The van der Waals surface area contributed by atoms with Crippen LogP contribution in [0, 0.1) is 0 Å². The molecule has 2 aromatic carbocycles. The van der Waals surface area contributed by atoms with E-state index in [1.807, 2.05) is 63.2 Å². The molecule has 5 heteroatoms. The van der Waals surface area contributed by atoms with Crippen molar-refractivity contribution in [3.05, 3.63) is 48.0 Å². The van der Waals surface area contributed by atoms with E-state index in [2.05, 4.69) is 10.6 Å². The lowest BCUT2D eigenvalue weighted by Crippen LogP contribution is -2.54. The van der Waals surface area contributed by atoms with E-state index in [-0.39, 0.29) is 5.91 Å². The molecule has 3 rings (SSSR count). The summed E-state index contributed by atoms with van der Waals surface area (Å²) in [6, 6.07) is 13.6. The number of carbonyl (C=O) groups is 2. The van der Waals surface area contributed by atoms with Crippen LogP contribution in [0.15, 0.2) is 42.5 Å². The molecule has 0 unspecified atom stereocenters. The first-order chi connectivity index (χ1) is 12.8. The average molecular weight is 368 g/mol. The summed E-state index contributed by atoms with van der Waals surface area (Å²) in [6.07, 6.45) is 3.31. The first kappa shape index (κ1) is 19.2. The van der Waals surface area contributed by atoms with E-state index >= 15 is 0 Å². The van der Waals surface area contributed by atoms with Gasteiger partial charge in [-0.1, -0.05) is 49.2 Å². The Labute approximate surface area is 160 Å². The highest BCUT2D eigenvalue weighted by Gasteiger charge is 2.36. The second kappa shape index (κ2) is 7.59. The van der Waals surface area contributed by atoms with Crippen LogP contribution < -0.4 is 10.6 Å². The minimum absolute atomic E-state index is 0.0975. The number of benzene rings is 2. The Hall–Kier alpha value is -2.56. The maximum absolute atomic E-state index is 13.0. The summed E-state index contributed by atoms with van der Waals surface area (Å²) in [5, 5.41) is 8.03. The molecule has 1 aliphatic rings. The molecular formula is C22H28N2O3. The summed E-state index contributed by atoms with van der Waals surface area (Å²) in [6.45, 7) is 5.87. The fourth-order valence-corrected chi connectivity index (χ4v) is 3.68. The van der Waals surface area contributed by atoms with Crippen LogP contribution in [0.25, 0.3) is 10.8 Å². The fourth-order valence-electron chi connectivity index (χ4n) is 3.68. The quantitative estimate of drug-likeness (QED) is 0.840. The van der Waals surface area contributed by atoms with Gasteiger partial charge < -0.3 is 15.4 Å². The summed E-state index contributed by atoms with van der Waals surface area (Å²) >= 11 is 0. The predicted molar refractivity (Wildman–Crippen MR) is 107 cm³/mol. The van der Waals surface area contributed by atoms with E-state index in [1.54, 1.807) is 0 Å². The monoisotopic (exact) mass is 368 g/mol. The number of hydrogen-bond acceptors (Lipinski definition) is 3. The van der Waals surface area contributed by atoms with Crippen molar-refractivity contribution in [2.75, 3.05) is 6.54 Å². The SMILES string of the molecule is CC(C)(C)OC(=O)NCC1(NC(=O)c2cccc3ccccc23)CCCC1. The number of alkyl carbamates (subject to hydrolysis) is 1. The third-order valence-electron chi connectivity index (χ3n) is 4.94. The van der Waals surface area contributed by atoms with Gasteiger partial charge in [0.05, 0.1) is 5.54 Å². The first-order valence-corrected chi connectivity index (χ1v) is 9.55. The molecule has 1 fully saturated rings. The number of amides is 2. The van der Waals surface area contributed by atoms with Crippen LogP contribution in [0.4, 0.5) is 4.79 Å². The second-order valence-electron chi connectivity index (χ2n) is 8.32. The zero-order valence-electron chi connectivity index (χ0n) is 16.3. The Morgan fingerprint density at radius 3 is 2.41 bits per heavy atom. The summed E-state index contributed by atoms with van der Waals surface area (Å²) in [5.41, 5.74) is -0.305. The van der Waals surface area contributed by atoms with Crippen molar-refractivity contribution in [3.8, 4) is 0 Å². The zero-order chi connectivity index (χ0) is 19.5. The Morgan fingerprint density at radius 2 is 1.70 bits per heavy atom. The molecule has 2 amide bonds. The third-order valence-corrected chi connectivity index (χ3v) is 4.94. The summed E-state index contributed by atoms with van der Waals surface area (Å²) in [7, 11) is 0. The normalized spacial score (nSPS) is 16.1. The molecule has 0 saturated heterocycles. The summed E-state index contributed by atoms with van der Waals surface area (Å²) in [5.74, 6) is -0.0975. The van der Waals surface area contributed by atoms with E-state index in [0.717, 1.165) is 36.5 Å². The highest BCUT2D eigenvalue weighted by atomic mass is 16.6. The van der Waals surface area contributed by atoms with Gasteiger partial charge in [0.15, 0.2) is 0 Å². The van der Waals surface area contributed by atoms with E-state index in [4.69, 9.17) is 4.74 Å². The Bertz CT molecular complexity index is 828. The van der Waals surface area contributed by atoms with Gasteiger partial charge >= 0.3 is 6.09 Å². The molecule has 0 heterocycles. The molecule has 144 valence electrons. The molecule has 1 saturated carbocycles. The van der Waals surface area contributed by atoms with Crippen LogP contribution in [-0.4, -0.2) is 29.7 Å². The van der Waals surface area contributed by atoms with Crippen molar-refractivity contribution in [2.45, 2.75) is 57.6 Å². The van der Waals surface area contributed by atoms with Crippen molar-refractivity contribution >= 4 is 22.8 Å². The molecule has 2 aromatic rings. The molecule has 5 nitrogen and oxygen atoms in total. The van der Waals surface area contributed by atoms with Gasteiger partial charge in [-0.05, 0) is 50.5 Å². The molecule has 0 aliphatic heterocycles. The second-order valence-corrected chi connectivity index (χ2v) is 8.32. The molecule has 0 bridgehead atoms. The standard InChI is InChI=1S/C22H28N2O3/c1-21(2,3)27-20(26)23-15-22(13-6-7-14-22)24-19(25)18-12-8-10-16-9-4-5-11-17(16)18/h4-5,8-12H,6-7,13-15H2,1-3H3,(H,23,26)(H,24,25). The van der Waals surface area contributed by atoms with Gasteiger partial charge in [-0.3, -0.25) is 4.79 Å². The van der Waals surface area contributed by atoms with E-state index in [1.165, 1.54) is 0 Å². The average Bonchev–Trinajstić information content (AvgIpc) is 3.07. The number of rotatable bonds is 4. The van der Waals surface area contributed by atoms with Crippen molar-refractivity contribution in [2.24, 2.45) is 0 Å². The van der Waals surface area contributed by atoms with E-state index in [9.17, 15) is 9.59 Å². The summed E-state index contributed by atoms with van der Waals surface area (Å²) in [4.78, 5) is 25.1. The molecule has 0 radical (unpaired) electrons. The van der Waals surface area contributed by atoms with Crippen LogP contribution in [0.3, 0.4) is 0 Å². The maximum atomic E-state index is 13.0. The minimum Gasteiger partial charge on any atom is -0.444 e. The Morgan fingerprint density at radius 1 is 1.04 bits per heavy atom. The molecule has 0 spiro atoms. The fraction of sp³-hybridized carbons (Fsp3) is 0.455. The minimum atomic E-state index is -0.543. The first-order valence-electron chi connectivity index (χ1n) is 9.55. The molecule has 2 N–H and O–H groups in total. The molecule has 0 aromatic heterocycles. The van der Waals surface area contributed by atoms with E-state index < -0.39 is 17.2 Å². The van der Waals surface area contributed by atoms with E-state index in [0.29, 0.717) is 12.1 Å². The van der Waals surface area contributed by atoms with Gasteiger partial charge in [-0.25, -0.2) is 4.79 Å². The van der Waals surface area contributed by atoms with Gasteiger partial charge in [0, 0.05) is 12.1 Å².